The van der Waals surface area contributed by atoms with Gasteiger partial charge in [0.25, 0.3) is 0 Å². The first kappa shape index (κ1) is 17.6. The molecule has 1 aliphatic carbocycles. The molecule has 1 saturated heterocycles. The lowest BCUT2D eigenvalue weighted by Crippen LogP contribution is -2.44. The number of carbonyl (C=O) groups is 1. The van der Waals surface area contributed by atoms with Gasteiger partial charge < -0.3 is 15.0 Å². The number of amides is 1. The molecule has 2 aromatic rings. The number of H-pyrrole nitrogens is 1. The SMILES string of the molecule is COc1ccccc1/C=C/C(=O)NC1CCN(c2cc(C3CC3)[nH]n2)CC1. The van der Waals surface area contributed by atoms with Crippen molar-refractivity contribution < 1.29 is 9.53 Å². The summed E-state index contributed by atoms with van der Waals surface area (Å²) in [7, 11) is 1.63. The summed E-state index contributed by atoms with van der Waals surface area (Å²) in [6.07, 6.45) is 7.79. The van der Waals surface area contributed by atoms with Gasteiger partial charge in [0.05, 0.1) is 7.11 Å². The molecule has 0 radical (unpaired) electrons. The summed E-state index contributed by atoms with van der Waals surface area (Å²) < 4.78 is 5.30. The molecule has 4 rings (SSSR count). The van der Waals surface area contributed by atoms with Crippen LogP contribution in [0.5, 0.6) is 5.75 Å². The third kappa shape index (κ3) is 4.32. The molecule has 1 saturated carbocycles. The fraction of sp³-hybridized carbons (Fsp3) is 0.429. The van der Waals surface area contributed by atoms with Gasteiger partial charge in [0.15, 0.2) is 5.82 Å². The Morgan fingerprint density at radius 1 is 1.26 bits per heavy atom. The standard InChI is InChI=1S/C21H26N4O2/c1-27-19-5-3-2-4-16(19)8-9-21(26)22-17-10-12-25(13-11-17)20-14-18(23-24-20)15-6-7-15/h2-5,8-9,14-15,17H,6-7,10-13H2,1H3,(H,22,26)(H,23,24)/b9-8+. The summed E-state index contributed by atoms with van der Waals surface area (Å²) in [6, 6.07) is 10.1. The van der Waals surface area contributed by atoms with Gasteiger partial charge in [-0.2, -0.15) is 5.10 Å². The van der Waals surface area contributed by atoms with E-state index in [9.17, 15) is 4.79 Å². The molecule has 1 aromatic heterocycles. The lowest BCUT2D eigenvalue weighted by molar-refractivity contribution is -0.117. The second-order valence-electron chi connectivity index (χ2n) is 7.30. The molecule has 1 aliphatic heterocycles. The van der Waals surface area contributed by atoms with E-state index < -0.39 is 0 Å². The summed E-state index contributed by atoms with van der Waals surface area (Å²) in [6.45, 7) is 1.83. The number of methoxy groups -OCH3 is 1. The lowest BCUT2D eigenvalue weighted by Gasteiger charge is -2.32. The van der Waals surface area contributed by atoms with Crippen molar-refractivity contribution in [1.29, 1.82) is 0 Å². The normalized spacial score (nSPS) is 18.0. The van der Waals surface area contributed by atoms with E-state index >= 15 is 0 Å². The zero-order valence-corrected chi connectivity index (χ0v) is 15.6. The predicted octanol–water partition coefficient (Wildman–Crippen LogP) is 3.09. The highest BCUT2D eigenvalue weighted by Crippen LogP contribution is 2.40. The van der Waals surface area contributed by atoms with Crippen LogP contribution in [0.2, 0.25) is 0 Å². The summed E-state index contributed by atoms with van der Waals surface area (Å²) >= 11 is 0. The highest BCUT2D eigenvalue weighted by Gasteiger charge is 2.27. The van der Waals surface area contributed by atoms with Crippen LogP contribution in [-0.2, 0) is 4.79 Å². The maximum atomic E-state index is 12.3. The van der Waals surface area contributed by atoms with Crippen LogP contribution in [0.25, 0.3) is 6.08 Å². The van der Waals surface area contributed by atoms with E-state index in [0.29, 0.717) is 5.92 Å². The van der Waals surface area contributed by atoms with Crippen molar-refractivity contribution in [3.63, 3.8) is 0 Å². The Hall–Kier alpha value is -2.76. The topological polar surface area (TPSA) is 70.2 Å². The van der Waals surface area contributed by atoms with Crippen LogP contribution >= 0.6 is 0 Å². The van der Waals surface area contributed by atoms with Gasteiger partial charge in [-0.1, -0.05) is 18.2 Å². The van der Waals surface area contributed by atoms with Gasteiger partial charge in [-0.25, -0.2) is 0 Å². The number of rotatable bonds is 6. The molecule has 2 heterocycles. The van der Waals surface area contributed by atoms with E-state index in [4.69, 9.17) is 4.74 Å². The van der Waals surface area contributed by atoms with E-state index in [1.54, 1.807) is 19.3 Å². The summed E-state index contributed by atoms with van der Waals surface area (Å²) in [5.41, 5.74) is 2.16. The highest BCUT2D eigenvalue weighted by molar-refractivity contribution is 5.92. The van der Waals surface area contributed by atoms with Crippen LogP contribution in [0.1, 0.15) is 42.9 Å². The Morgan fingerprint density at radius 3 is 2.78 bits per heavy atom. The van der Waals surface area contributed by atoms with Crippen molar-refractivity contribution in [3.8, 4) is 5.75 Å². The number of hydrogen-bond donors (Lipinski definition) is 2. The highest BCUT2D eigenvalue weighted by atomic mass is 16.5. The molecule has 2 N–H and O–H groups in total. The number of aromatic amines is 1. The summed E-state index contributed by atoms with van der Waals surface area (Å²) in [5.74, 6) is 2.44. The molecular weight excluding hydrogens is 340 g/mol. The minimum Gasteiger partial charge on any atom is -0.496 e. The fourth-order valence-electron chi connectivity index (χ4n) is 3.56. The second-order valence-corrected chi connectivity index (χ2v) is 7.30. The monoisotopic (exact) mass is 366 g/mol. The number of nitrogens with one attached hydrogen (secondary N) is 2. The van der Waals surface area contributed by atoms with Gasteiger partial charge in [-0.15, -0.1) is 0 Å². The number of hydrogen-bond acceptors (Lipinski definition) is 4. The van der Waals surface area contributed by atoms with Crippen molar-refractivity contribution in [2.45, 2.75) is 37.6 Å². The van der Waals surface area contributed by atoms with Crippen LogP contribution in [0, 0.1) is 0 Å². The number of ether oxygens (including phenoxy) is 1. The number of carbonyl (C=O) groups excluding carboxylic acids is 1. The zero-order valence-electron chi connectivity index (χ0n) is 15.6. The van der Waals surface area contributed by atoms with E-state index in [1.165, 1.54) is 18.5 Å². The van der Waals surface area contributed by atoms with Crippen molar-refractivity contribution >= 4 is 17.8 Å². The maximum Gasteiger partial charge on any atom is 0.244 e. The Bertz CT molecular complexity index is 817. The third-order valence-corrected chi connectivity index (χ3v) is 5.32. The molecule has 6 nitrogen and oxygen atoms in total. The molecular formula is C21H26N4O2. The molecule has 2 fully saturated rings. The minimum atomic E-state index is -0.0601. The first-order valence-corrected chi connectivity index (χ1v) is 9.65. The Labute approximate surface area is 159 Å². The molecule has 0 unspecified atom stereocenters. The lowest BCUT2D eigenvalue weighted by atomic mass is 10.0. The number of benzene rings is 1. The first-order valence-electron chi connectivity index (χ1n) is 9.65. The van der Waals surface area contributed by atoms with Crippen molar-refractivity contribution in [2.24, 2.45) is 0 Å². The van der Waals surface area contributed by atoms with Gasteiger partial charge in [-0.05, 0) is 37.8 Å². The van der Waals surface area contributed by atoms with Crippen LogP contribution in [0.3, 0.4) is 0 Å². The predicted molar refractivity (Wildman–Crippen MR) is 106 cm³/mol. The van der Waals surface area contributed by atoms with Crippen LogP contribution < -0.4 is 15.0 Å². The first-order chi connectivity index (χ1) is 13.2. The van der Waals surface area contributed by atoms with Gasteiger partial charge in [-0.3, -0.25) is 9.89 Å². The molecule has 0 spiro atoms. The molecule has 27 heavy (non-hydrogen) atoms. The van der Waals surface area contributed by atoms with Gasteiger partial charge in [0, 0.05) is 48.4 Å². The average Bonchev–Trinajstić information content (AvgIpc) is 3.44. The molecule has 1 aromatic carbocycles. The Balaban J connectivity index is 1.27. The van der Waals surface area contributed by atoms with E-state index in [2.05, 4.69) is 26.5 Å². The molecule has 2 aliphatic rings. The van der Waals surface area contributed by atoms with Crippen LogP contribution in [0.15, 0.2) is 36.4 Å². The van der Waals surface area contributed by atoms with Gasteiger partial charge in [0.2, 0.25) is 5.91 Å². The summed E-state index contributed by atoms with van der Waals surface area (Å²) in [5, 5.41) is 10.7. The van der Waals surface area contributed by atoms with Gasteiger partial charge in [0.1, 0.15) is 5.75 Å². The Morgan fingerprint density at radius 2 is 2.04 bits per heavy atom. The fourth-order valence-corrected chi connectivity index (χ4v) is 3.56. The number of anilines is 1. The van der Waals surface area contributed by atoms with Crippen molar-refractivity contribution in [3.05, 3.63) is 47.7 Å². The molecule has 6 heteroatoms. The van der Waals surface area contributed by atoms with Crippen molar-refractivity contribution in [2.75, 3.05) is 25.1 Å². The van der Waals surface area contributed by atoms with E-state index in [-0.39, 0.29) is 11.9 Å². The second kappa shape index (κ2) is 7.86. The molecule has 142 valence electrons. The smallest absolute Gasteiger partial charge is 0.244 e. The molecule has 0 bridgehead atoms. The number of aromatic nitrogens is 2. The summed E-state index contributed by atoms with van der Waals surface area (Å²) in [4.78, 5) is 14.6. The minimum absolute atomic E-state index is 0.0601. The van der Waals surface area contributed by atoms with E-state index in [1.807, 2.05) is 24.3 Å². The van der Waals surface area contributed by atoms with E-state index in [0.717, 1.165) is 43.1 Å². The molecule has 0 atom stereocenters. The van der Waals surface area contributed by atoms with Crippen molar-refractivity contribution in [1.82, 2.24) is 15.5 Å². The quantitative estimate of drug-likeness (QED) is 0.771. The largest absolute Gasteiger partial charge is 0.496 e. The zero-order chi connectivity index (χ0) is 18.6. The number of nitrogens with zero attached hydrogens (tertiary/aromatic N) is 2. The molecule has 1 amide bonds. The van der Waals surface area contributed by atoms with Gasteiger partial charge >= 0.3 is 0 Å². The Kier molecular flexibility index (Phi) is 5.14. The maximum absolute atomic E-state index is 12.3. The van der Waals surface area contributed by atoms with Crippen LogP contribution in [-0.4, -0.2) is 42.3 Å². The number of para-hydroxylation sites is 1. The van der Waals surface area contributed by atoms with Crippen LogP contribution in [0.4, 0.5) is 5.82 Å². The average molecular weight is 366 g/mol. The number of piperidine rings is 1. The third-order valence-electron chi connectivity index (χ3n) is 5.32.